The summed E-state index contributed by atoms with van der Waals surface area (Å²) in [5.41, 5.74) is 2.90. The van der Waals surface area contributed by atoms with Crippen LogP contribution in [0.4, 0.5) is 4.39 Å². The third-order valence-corrected chi connectivity index (χ3v) is 4.40. The van der Waals surface area contributed by atoms with Crippen LogP contribution in [0.25, 0.3) is 33.8 Å². The molecule has 0 saturated carbocycles. The van der Waals surface area contributed by atoms with E-state index < -0.39 is 0 Å². The molecule has 0 amide bonds. The lowest BCUT2D eigenvalue weighted by molar-refractivity contribution is 0.415. The summed E-state index contributed by atoms with van der Waals surface area (Å²) >= 11 is 0. The Bertz CT molecular complexity index is 1260. The van der Waals surface area contributed by atoms with E-state index in [-0.39, 0.29) is 5.82 Å². The van der Waals surface area contributed by atoms with E-state index in [9.17, 15) is 4.39 Å². The predicted molar refractivity (Wildman–Crippen MR) is 97.4 cm³/mol. The second-order valence-electron chi connectivity index (χ2n) is 5.96. The first-order valence-corrected chi connectivity index (χ1v) is 8.22. The van der Waals surface area contributed by atoms with Gasteiger partial charge in [-0.25, -0.2) is 14.1 Å². The van der Waals surface area contributed by atoms with Crippen molar-refractivity contribution in [3.8, 4) is 22.8 Å². The van der Waals surface area contributed by atoms with Crippen LogP contribution in [0.2, 0.25) is 0 Å². The highest BCUT2D eigenvalue weighted by Gasteiger charge is 2.15. The van der Waals surface area contributed by atoms with E-state index in [0.717, 1.165) is 22.4 Å². The van der Waals surface area contributed by atoms with Crippen molar-refractivity contribution < 1.29 is 9.13 Å². The molecule has 0 radical (unpaired) electrons. The number of rotatable bonds is 3. The fourth-order valence-electron chi connectivity index (χ4n) is 3.03. The van der Waals surface area contributed by atoms with Crippen LogP contribution in [0.1, 0.15) is 0 Å². The van der Waals surface area contributed by atoms with E-state index in [0.29, 0.717) is 17.1 Å². The maximum Gasteiger partial charge on any atom is 0.175 e. The number of benzene rings is 2. The Labute approximate surface area is 152 Å². The van der Waals surface area contributed by atoms with Crippen LogP contribution in [0.3, 0.4) is 0 Å². The molecule has 0 bridgehead atoms. The fourth-order valence-corrected chi connectivity index (χ4v) is 3.03. The minimum atomic E-state index is -0.299. The first-order valence-electron chi connectivity index (χ1n) is 8.22. The highest BCUT2D eigenvalue weighted by Crippen LogP contribution is 2.25. The number of ether oxygens (including phenoxy) is 1. The number of halogens is 1. The Balaban J connectivity index is 1.66. The third-order valence-electron chi connectivity index (χ3n) is 4.40. The Hall–Kier alpha value is -3.81. The zero-order valence-corrected chi connectivity index (χ0v) is 14.2. The van der Waals surface area contributed by atoms with Gasteiger partial charge in [0.1, 0.15) is 17.9 Å². The molecule has 0 fully saturated rings. The smallest absolute Gasteiger partial charge is 0.175 e. The van der Waals surface area contributed by atoms with Crippen molar-refractivity contribution in [2.75, 3.05) is 7.11 Å². The molecule has 3 heterocycles. The normalized spacial score (nSPS) is 11.3. The molecule has 7 nitrogen and oxygen atoms in total. The van der Waals surface area contributed by atoms with Gasteiger partial charge in [-0.1, -0.05) is 0 Å². The zero-order valence-electron chi connectivity index (χ0n) is 14.2. The predicted octanol–water partition coefficient (Wildman–Crippen LogP) is 3.28. The minimum Gasteiger partial charge on any atom is -0.497 e. The van der Waals surface area contributed by atoms with Crippen molar-refractivity contribution in [1.82, 2.24) is 29.4 Å². The molecule has 0 saturated heterocycles. The molecule has 0 aliphatic rings. The van der Waals surface area contributed by atoms with Gasteiger partial charge in [0.2, 0.25) is 0 Å². The highest BCUT2D eigenvalue weighted by atomic mass is 19.1. The Morgan fingerprint density at radius 2 is 1.70 bits per heavy atom. The molecule has 3 aromatic heterocycles. The largest absolute Gasteiger partial charge is 0.497 e. The summed E-state index contributed by atoms with van der Waals surface area (Å²) < 4.78 is 21.9. The van der Waals surface area contributed by atoms with Gasteiger partial charge in [-0.15, -0.1) is 10.2 Å². The summed E-state index contributed by atoms with van der Waals surface area (Å²) in [6.45, 7) is 0. The average Bonchev–Trinajstić information content (AvgIpc) is 3.32. The lowest BCUT2D eigenvalue weighted by Gasteiger charge is -2.04. The number of fused-ring (bicyclic) bond motifs is 3. The van der Waals surface area contributed by atoms with Gasteiger partial charge in [0, 0.05) is 5.56 Å². The van der Waals surface area contributed by atoms with Crippen LogP contribution >= 0.6 is 0 Å². The number of aromatic nitrogens is 6. The van der Waals surface area contributed by atoms with Crippen LogP contribution < -0.4 is 4.74 Å². The minimum absolute atomic E-state index is 0.299. The number of methoxy groups -OCH3 is 1. The molecule has 0 atom stereocenters. The van der Waals surface area contributed by atoms with Gasteiger partial charge in [0.25, 0.3) is 0 Å². The van der Waals surface area contributed by atoms with Gasteiger partial charge in [-0.05, 0) is 48.5 Å². The first kappa shape index (κ1) is 15.4. The SMILES string of the molecule is COc1ccc(-c2nnc3c4cnn(-c5ccc(F)cc5)c4ncn23)cc1. The second-order valence-corrected chi connectivity index (χ2v) is 5.96. The molecule has 5 rings (SSSR count). The van der Waals surface area contributed by atoms with E-state index in [1.54, 1.807) is 36.4 Å². The molecular formula is C19H13FN6O. The van der Waals surface area contributed by atoms with Crippen LogP contribution in [0.15, 0.2) is 61.1 Å². The van der Waals surface area contributed by atoms with Crippen molar-refractivity contribution in [2.24, 2.45) is 0 Å². The Kier molecular flexibility index (Phi) is 3.36. The van der Waals surface area contributed by atoms with Crippen molar-refractivity contribution >= 4 is 16.7 Å². The molecule has 132 valence electrons. The van der Waals surface area contributed by atoms with E-state index in [2.05, 4.69) is 20.3 Å². The maximum atomic E-state index is 13.2. The summed E-state index contributed by atoms with van der Waals surface area (Å²) in [5.74, 6) is 1.15. The van der Waals surface area contributed by atoms with Crippen LogP contribution in [0, 0.1) is 5.82 Å². The standard InChI is InChI=1S/C19H13FN6O/c1-27-15-8-2-12(3-9-15)17-23-24-19-16-10-22-26(18(16)21-11-25(17)19)14-6-4-13(20)5-7-14/h2-11H,1H3. The molecule has 0 spiro atoms. The van der Waals surface area contributed by atoms with Crippen LogP contribution in [-0.2, 0) is 0 Å². The van der Waals surface area contributed by atoms with Gasteiger partial charge >= 0.3 is 0 Å². The quantitative estimate of drug-likeness (QED) is 0.494. The van der Waals surface area contributed by atoms with E-state index in [1.165, 1.54) is 12.1 Å². The first-order chi connectivity index (χ1) is 13.2. The Morgan fingerprint density at radius 3 is 2.44 bits per heavy atom. The Morgan fingerprint density at radius 1 is 0.926 bits per heavy atom. The van der Waals surface area contributed by atoms with Gasteiger partial charge in [0.15, 0.2) is 17.1 Å². The van der Waals surface area contributed by atoms with Crippen LogP contribution in [0.5, 0.6) is 5.75 Å². The van der Waals surface area contributed by atoms with Crippen LogP contribution in [-0.4, -0.2) is 36.5 Å². The monoisotopic (exact) mass is 360 g/mol. The number of hydrogen-bond donors (Lipinski definition) is 0. The second kappa shape index (κ2) is 5.87. The molecule has 0 N–H and O–H groups in total. The topological polar surface area (TPSA) is 70.1 Å². The van der Waals surface area contributed by atoms with Gasteiger partial charge < -0.3 is 4.74 Å². The van der Waals surface area contributed by atoms with Gasteiger partial charge in [-0.3, -0.25) is 4.40 Å². The van der Waals surface area contributed by atoms with Crippen molar-refractivity contribution in [2.45, 2.75) is 0 Å². The molecule has 8 heteroatoms. The number of hydrogen-bond acceptors (Lipinski definition) is 5. The molecule has 0 unspecified atom stereocenters. The lowest BCUT2D eigenvalue weighted by atomic mass is 10.2. The van der Waals surface area contributed by atoms with Crippen molar-refractivity contribution in [3.63, 3.8) is 0 Å². The van der Waals surface area contributed by atoms with Crippen molar-refractivity contribution in [3.05, 3.63) is 66.9 Å². The molecular weight excluding hydrogens is 347 g/mol. The van der Waals surface area contributed by atoms with Gasteiger partial charge in [0.05, 0.1) is 24.4 Å². The van der Waals surface area contributed by atoms with Crippen molar-refractivity contribution in [1.29, 1.82) is 0 Å². The van der Waals surface area contributed by atoms with E-state index in [4.69, 9.17) is 4.74 Å². The maximum absolute atomic E-state index is 13.2. The number of nitrogens with zero attached hydrogens (tertiary/aromatic N) is 6. The molecule has 0 aliphatic carbocycles. The van der Waals surface area contributed by atoms with E-state index >= 15 is 0 Å². The third kappa shape index (κ3) is 2.42. The average molecular weight is 360 g/mol. The fraction of sp³-hybridized carbons (Fsp3) is 0.0526. The summed E-state index contributed by atoms with van der Waals surface area (Å²) in [5, 5.41) is 13.8. The highest BCUT2D eigenvalue weighted by molar-refractivity contribution is 5.90. The summed E-state index contributed by atoms with van der Waals surface area (Å²) in [7, 11) is 1.63. The molecule has 5 aromatic rings. The van der Waals surface area contributed by atoms with E-state index in [1.807, 2.05) is 28.7 Å². The summed E-state index contributed by atoms with van der Waals surface area (Å²) in [4.78, 5) is 4.53. The lowest BCUT2D eigenvalue weighted by Crippen LogP contribution is -1.99. The summed E-state index contributed by atoms with van der Waals surface area (Å²) in [6, 6.07) is 13.7. The zero-order chi connectivity index (χ0) is 18.4. The molecule has 2 aromatic carbocycles. The summed E-state index contributed by atoms with van der Waals surface area (Å²) in [6.07, 6.45) is 3.35. The molecule has 27 heavy (non-hydrogen) atoms. The van der Waals surface area contributed by atoms with Gasteiger partial charge in [-0.2, -0.15) is 5.10 Å². The molecule has 0 aliphatic heterocycles.